The molecule has 2 nitrogen and oxygen atoms in total. The maximum Gasteiger partial charge on any atom is 0.0576 e. The van der Waals surface area contributed by atoms with Crippen LogP contribution in [0.25, 0.3) is 0 Å². The molecule has 1 aromatic rings. The van der Waals surface area contributed by atoms with Gasteiger partial charge in [0, 0.05) is 12.6 Å². The molecule has 2 rings (SSSR count). The molecule has 0 aromatic heterocycles. The van der Waals surface area contributed by atoms with Crippen molar-refractivity contribution < 1.29 is 4.74 Å². The van der Waals surface area contributed by atoms with Crippen LogP contribution in [-0.2, 0) is 4.74 Å². The van der Waals surface area contributed by atoms with Crippen molar-refractivity contribution >= 4 is 0 Å². The minimum atomic E-state index is 0.479. The van der Waals surface area contributed by atoms with Gasteiger partial charge in [0.1, 0.15) is 0 Å². The maximum absolute atomic E-state index is 5.68. The van der Waals surface area contributed by atoms with Gasteiger partial charge < -0.3 is 10.1 Å². The Morgan fingerprint density at radius 3 is 2.89 bits per heavy atom. The van der Waals surface area contributed by atoms with E-state index in [9.17, 15) is 0 Å². The normalized spacial score (nSPS) is 21.1. The second-order valence-corrected chi connectivity index (χ2v) is 5.26. The fraction of sp³-hybridized carbons (Fsp3) is 0.625. The van der Waals surface area contributed by atoms with Crippen LogP contribution in [0.2, 0.25) is 0 Å². The van der Waals surface area contributed by atoms with Gasteiger partial charge in [0.2, 0.25) is 0 Å². The van der Waals surface area contributed by atoms with E-state index in [0.29, 0.717) is 12.1 Å². The van der Waals surface area contributed by atoms with E-state index in [2.05, 4.69) is 43.6 Å². The van der Waals surface area contributed by atoms with E-state index < -0.39 is 0 Å². The number of ether oxygens (including phenoxy) is 1. The molecule has 1 aliphatic rings. The molecule has 100 valence electrons. The minimum absolute atomic E-state index is 0.479. The van der Waals surface area contributed by atoms with Crippen molar-refractivity contribution in [1.82, 2.24) is 5.32 Å². The first-order valence-corrected chi connectivity index (χ1v) is 7.15. The second kappa shape index (κ2) is 6.91. The van der Waals surface area contributed by atoms with Crippen LogP contribution >= 0.6 is 0 Å². The molecule has 18 heavy (non-hydrogen) atoms. The van der Waals surface area contributed by atoms with Crippen LogP contribution in [0.3, 0.4) is 0 Å². The Balaban J connectivity index is 1.83. The average molecular weight is 247 g/mol. The van der Waals surface area contributed by atoms with E-state index in [1.165, 1.54) is 43.2 Å². The van der Waals surface area contributed by atoms with E-state index in [1.54, 1.807) is 0 Å². The van der Waals surface area contributed by atoms with Gasteiger partial charge in [0.25, 0.3) is 0 Å². The van der Waals surface area contributed by atoms with Crippen molar-refractivity contribution in [2.45, 2.75) is 51.2 Å². The van der Waals surface area contributed by atoms with Crippen molar-refractivity contribution in [3.63, 3.8) is 0 Å². The van der Waals surface area contributed by atoms with Crippen LogP contribution in [0, 0.1) is 6.92 Å². The monoisotopic (exact) mass is 247 g/mol. The molecular formula is C16H25NO. The SMILES string of the molecule is CNC(CCCC1CCCO1)c1ccccc1C. The van der Waals surface area contributed by atoms with E-state index in [-0.39, 0.29) is 0 Å². The van der Waals surface area contributed by atoms with Gasteiger partial charge in [0.05, 0.1) is 6.10 Å². The molecule has 1 saturated heterocycles. The third-order valence-corrected chi connectivity index (χ3v) is 3.96. The number of aryl methyl sites for hydroxylation is 1. The van der Waals surface area contributed by atoms with Gasteiger partial charge in [-0.05, 0) is 57.2 Å². The van der Waals surface area contributed by atoms with E-state index >= 15 is 0 Å². The van der Waals surface area contributed by atoms with Gasteiger partial charge in [-0.15, -0.1) is 0 Å². The summed E-state index contributed by atoms with van der Waals surface area (Å²) in [6, 6.07) is 9.15. The van der Waals surface area contributed by atoms with Crippen LogP contribution in [0.15, 0.2) is 24.3 Å². The Kier molecular flexibility index (Phi) is 5.21. The van der Waals surface area contributed by atoms with Gasteiger partial charge >= 0.3 is 0 Å². The van der Waals surface area contributed by atoms with Gasteiger partial charge in [-0.3, -0.25) is 0 Å². The topological polar surface area (TPSA) is 21.3 Å². The summed E-state index contributed by atoms with van der Waals surface area (Å²) in [7, 11) is 2.06. The molecule has 0 bridgehead atoms. The third kappa shape index (κ3) is 3.56. The molecule has 1 aliphatic heterocycles. The lowest BCUT2D eigenvalue weighted by molar-refractivity contribution is 0.101. The molecule has 2 atom stereocenters. The van der Waals surface area contributed by atoms with Crippen molar-refractivity contribution in [1.29, 1.82) is 0 Å². The van der Waals surface area contributed by atoms with E-state index in [0.717, 1.165) is 6.61 Å². The van der Waals surface area contributed by atoms with Crippen LogP contribution in [-0.4, -0.2) is 19.8 Å². The molecule has 2 unspecified atom stereocenters. The third-order valence-electron chi connectivity index (χ3n) is 3.96. The van der Waals surface area contributed by atoms with Crippen LogP contribution < -0.4 is 5.32 Å². The highest BCUT2D eigenvalue weighted by molar-refractivity contribution is 5.28. The van der Waals surface area contributed by atoms with Crippen molar-refractivity contribution in [2.24, 2.45) is 0 Å². The number of benzene rings is 1. The molecule has 2 heteroatoms. The fourth-order valence-corrected chi connectivity index (χ4v) is 2.85. The standard InChI is InChI=1S/C16H25NO/c1-13-7-3-4-10-15(13)16(17-2)11-5-8-14-9-6-12-18-14/h3-4,7,10,14,16-17H,5-6,8-9,11-12H2,1-2H3. The molecule has 0 radical (unpaired) electrons. The number of hydrogen-bond donors (Lipinski definition) is 1. The molecule has 0 spiro atoms. The van der Waals surface area contributed by atoms with Crippen LogP contribution in [0.4, 0.5) is 0 Å². The Labute approximate surface area is 111 Å². The van der Waals surface area contributed by atoms with Crippen LogP contribution in [0.1, 0.15) is 49.3 Å². The summed E-state index contributed by atoms with van der Waals surface area (Å²) in [5, 5.41) is 3.44. The summed E-state index contributed by atoms with van der Waals surface area (Å²) in [6.45, 7) is 3.16. The highest BCUT2D eigenvalue weighted by atomic mass is 16.5. The predicted octanol–water partition coefficient (Wildman–Crippen LogP) is 3.60. The lowest BCUT2D eigenvalue weighted by Gasteiger charge is -2.19. The predicted molar refractivity (Wildman–Crippen MR) is 75.8 cm³/mol. The summed E-state index contributed by atoms with van der Waals surface area (Å²) in [4.78, 5) is 0. The Morgan fingerprint density at radius 1 is 1.39 bits per heavy atom. The van der Waals surface area contributed by atoms with Crippen molar-refractivity contribution in [3.8, 4) is 0 Å². The zero-order chi connectivity index (χ0) is 12.8. The van der Waals surface area contributed by atoms with E-state index in [1.807, 2.05) is 0 Å². The van der Waals surface area contributed by atoms with Gasteiger partial charge in [-0.1, -0.05) is 24.3 Å². The van der Waals surface area contributed by atoms with Crippen LogP contribution in [0.5, 0.6) is 0 Å². The fourth-order valence-electron chi connectivity index (χ4n) is 2.85. The Hall–Kier alpha value is -0.860. The lowest BCUT2D eigenvalue weighted by Crippen LogP contribution is -2.18. The molecule has 1 aromatic carbocycles. The molecule has 1 fully saturated rings. The first-order chi connectivity index (χ1) is 8.81. The quantitative estimate of drug-likeness (QED) is 0.829. The zero-order valence-electron chi connectivity index (χ0n) is 11.6. The molecule has 0 aliphatic carbocycles. The summed E-state index contributed by atoms with van der Waals surface area (Å²) in [6.07, 6.45) is 6.68. The Bertz CT molecular complexity index is 358. The van der Waals surface area contributed by atoms with Gasteiger partial charge in [0.15, 0.2) is 0 Å². The van der Waals surface area contributed by atoms with Gasteiger partial charge in [-0.2, -0.15) is 0 Å². The highest BCUT2D eigenvalue weighted by Crippen LogP contribution is 2.24. The largest absolute Gasteiger partial charge is 0.378 e. The van der Waals surface area contributed by atoms with Crippen molar-refractivity contribution in [3.05, 3.63) is 35.4 Å². The summed E-state index contributed by atoms with van der Waals surface area (Å²) in [5.41, 5.74) is 2.82. The average Bonchev–Trinajstić information content (AvgIpc) is 2.89. The molecule has 1 heterocycles. The van der Waals surface area contributed by atoms with E-state index in [4.69, 9.17) is 4.74 Å². The molecule has 0 saturated carbocycles. The van der Waals surface area contributed by atoms with Crippen molar-refractivity contribution in [2.75, 3.05) is 13.7 Å². The first-order valence-electron chi connectivity index (χ1n) is 7.15. The van der Waals surface area contributed by atoms with Gasteiger partial charge in [-0.25, -0.2) is 0 Å². The highest BCUT2D eigenvalue weighted by Gasteiger charge is 2.16. The second-order valence-electron chi connectivity index (χ2n) is 5.26. The summed E-state index contributed by atoms with van der Waals surface area (Å²) < 4.78 is 5.68. The molecule has 0 amide bonds. The molecular weight excluding hydrogens is 222 g/mol. The Morgan fingerprint density at radius 2 is 2.22 bits per heavy atom. The number of hydrogen-bond acceptors (Lipinski definition) is 2. The number of nitrogens with one attached hydrogen (secondary N) is 1. The summed E-state index contributed by atoms with van der Waals surface area (Å²) >= 11 is 0. The first kappa shape index (κ1) is 13.6. The summed E-state index contributed by atoms with van der Waals surface area (Å²) in [5.74, 6) is 0. The zero-order valence-corrected chi connectivity index (χ0v) is 11.6. The lowest BCUT2D eigenvalue weighted by atomic mass is 9.96. The smallest absolute Gasteiger partial charge is 0.0576 e. The number of rotatable bonds is 6. The minimum Gasteiger partial charge on any atom is -0.378 e. The maximum atomic E-state index is 5.68. The molecule has 1 N–H and O–H groups in total.